The Bertz CT molecular complexity index is 464. The first-order valence-corrected chi connectivity index (χ1v) is 6.99. The lowest BCUT2D eigenvalue weighted by Gasteiger charge is -2.38. The van der Waals surface area contributed by atoms with Crippen LogP contribution in [0.1, 0.15) is 28.8 Å². The molecule has 0 aliphatic carbocycles. The Morgan fingerprint density at radius 2 is 2.30 bits per heavy atom. The molecule has 110 valence electrons. The average molecular weight is 277 g/mol. The fourth-order valence-electron chi connectivity index (χ4n) is 2.79. The van der Waals surface area contributed by atoms with Crippen molar-refractivity contribution in [1.82, 2.24) is 4.90 Å². The first kappa shape index (κ1) is 15.0. The molecular formula is C15H23N3O2. The number of rotatable bonds is 5. The molecule has 1 aliphatic heterocycles. The van der Waals surface area contributed by atoms with Crippen molar-refractivity contribution in [3.8, 4) is 0 Å². The van der Waals surface area contributed by atoms with Crippen LogP contribution in [0, 0.1) is 0 Å². The van der Waals surface area contributed by atoms with Crippen LogP contribution in [0.5, 0.6) is 0 Å². The van der Waals surface area contributed by atoms with Crippen molar-refractivity contribution >= 4 is 5.91 Å². The van der Waals surface area contributed by atoms with Gasteiger partial charge < -0.3 is 16.2 Å². The molecule has 1 saturated heterocycles. The zero-order valence-electron chi connectivity index (χ0n) is 11.9. The Balaban J connectivity index is 2.05. The fourth-order valence-corrected chi connectivity index (χ4v) is 2.79. The zero-order valence-corrected chi connectivity index (χ0v) is 11.9. The Kier molecular flexibility index (Phi) is 5.11. The van der Waals surface area contributed by atoms with Crippen molar-refractivity contribution in [2.45, 2.75) is 31.5 Å². The van der Waals surface area contributed by atoms with E-state index in [2.05, 4.69) is 4.90 Å². The Morgan fingerprint density at radius 1 is 1.50 bits per heavy atom. The molecule has 0 bridgehead atoms. The van der Waals surface area contributed by atoms with Gasteiger partial charge in [0, 0.05) is 38.3 Å². The molecule has 0 saturated carbocycles. The lowest BCUT2D eigenvalue weighted by atomic mass is 9.98. The molecule has 5 heteroatoms. The van der Waals surface area contributed by atoms with Gasteiger partial charge in [-0.1, -0.05) is 12.1 Å². The van der Waals surface area contributed by atoms with E-state index in [4.69, 9.17) is 16.2 Å². The monoisotopic (exact) mass is 277 g/mol. The predicted octanol–water partition coefficient (Wildman–Crippen LogP) is 0.724. The summed E-state index contributed by atoms with van der Waals surface area (Å²) in [7, 11) is 1.75. The van der Waals surface area contributed by atoms with Crippen molar-refractivity contribution in [3.05, 3.63) is 35.4 Å². The molecule has 1 amide bonds. The summed E-state index contributed by atoms with van der Waals surface area (Å²) in [5, 5.41) is 0. The zero-order chi connectivity index (χ0) is 14.5. The first-order chi connectivity index (χ1) is 9.63. The number of carbonyl (C=O) groups excluding carboxylic acids is 1. The first-order valence-electron chi connectivity index (χ1n) is 6.99. The summed E-state index contributed by atoms with van der Waals surface area (Å²) in [6.07, 6.45) is 2.28. The van der Waals surface area contributed by atoms with Gasteiger partial charge >= 0.3 is 0 Å². The van der Waals surface area contributed by atoms with Crippen LogP contribution in [0.15, 0.2) is 24.3 Å². The van der Waals surface area contributed by atoms with Crippen LogP contribution >= 0.6 is 0 Å². The number of benzene rings is 1. The molecule has 2 unspecified atom stereocenters. The Morgan fingerprint density at radius 3 is 2.95 bits per heavy atom. The summed E-state index contributed by atoms with van der Waals surface area (Å²) in [4.78, 5) is 13.6. The summed E-state index contributed by atoms with van der Waals surface area (Å²) in [5.74, 6) is -0.389. The molecule has 1 aromatic rings. The van der Waals surface area contributed by atoms with Crippen molar-refractivity contribution in [2.24, 2.45) is 11.5 Å². The molecule has 0 spiro atoms. The van der Waals surface area contributed by atoms with Gasteiger partial charge in [0.2, 0.25) is 5.91 Å². The molecule has 1 aliphatic rings. The van der Waals surface area contributed by atoms with E-state index in [-0.39, 0.29) is 5.91 Å². The average Bonchev–Trinajstić information content (AvgIpc) is 2.48. The van der Waals surface area contributed by atoms with Crippen molar-refractivity contribution < 1.29 is 9.53 Å². The van der Waals surface area contributed by atoms with E-state index in [1.807, 2.05) is 18.2 Å². The minimum absolute atomic E-state index is 0.303. The maximum Gasteiger partial charge on any atom is 0.248 e. The normalized spacial score (nSPS) is 23.7. The van der Waals surface area contributed by atoms with Crippen LogP contribution in [-0.4, -0.2) is 43.2 Å². The summed E-state index contributed by atoms with van der Waals surface area (Å²) in [6, 6.07) is 7.81. The molecule has 5 nitrogen and oxygen atoms in total. The minimum atomic E-state index is -0.389. The molecule has 1 aromatic carbocycles. The number of amides is 1. The molecule has 2 atom stereocenters. The third kappa shape index (κ3) is 3.56. The van der Waals surface area contributed by atoms with Gasteiger partial charge in [0.25, 0.3) is 0 Å². The quantitative estimate of drug-likeness (QED) is 0.831. The van der Waals surface area contributed by atoms with E-state index in [1.54, 1.807) is 13.2 Å². The van der Waals surface area contributed by atoms with Crippen LogP contribution in [-0.2, 0) is 11.3 Å². The van der Waals surface area contributed by atoms with E-state index in [1.165, 1.54) is 0 Å². The van der Waals surface area contributed by atoms with Gasteiger partial charge in [-0.3, -0.25) is 9.69 Å². The number of nitrogens with two attached hydrogens (primary N) is 2. The fraction of sp³-hybridized carbons (Fsp3) is 0.533. The second-order valence-corrected chi connectivity index (χ2v) is 5.31. The number of likely N-dealkylation sites (tertiary alicyclic amines) is 1. The highest BCUT2D eigenvalue weighted by Gasteiger charge is 2.27. The molecule has 1 fully saturated rings. The molecule has 1 heterocycles. The smallest absolute Gasteiger partial charge is 0.248 e. The van der Waals surface area contributed by atoms with Crippen LogP contribution in [0.2, 0.25) is 0 Å². The van der Waals surface area contributed by atoms with Crippen molar-refractivity contribution in [1.29, 1.82) is 0 Å². The molecular weight excluding hydrogens is 254 g/mol. The van der Waals surface area contributed by atoms with Crippen LogP contribution in [0.4, 0.5) is 0 Å². The number of piperidine rings is 1. The summed E-state index contributed by atoms with van der Waals surface area (Å²) >= 11 is 0. The number of carbonyl (C=O) groups is 1. The van der Waals surface area contributed by atoms with Crippen LogP contribution < -0.4 is 11.5 Å². The summed E-state index contributed by atoms with van der Waals surface area (Å²) in [5.41, 5.74) is 12.8. The third-order valence-electron chi connectivity index (χ3n) is 3.99. The SMILES string of the molecule is COC1CCN(Cc2cccc(C(N)=O)c2)C(CN)C1. The number of methoxy groups -OCH3 is 1. The summed E-state index contributed by atoms with van der Waals surface area (Å²) in [6.45, 7) is 2.37. The van der Waals surface area contributed by atoms with Gasteiger partial charge in [-0.2, -0.15) is 0 Å². The minimum Gasteiger partial charge on any atom is -0.381 e. The third-order valence-corrected chi connectivity index (χ3v) is 3.99. The van der Waals surface area contributed by atoms with Gasteiger partial charge in [-0.25, -0.2) is 0 Å². The van der Waals surface area contributed by atoms with E-state index in [0.29, 0.717) is 24.3 Å². The molecule has 4 N–H and O–H groups in total. The number of primary amides is 1. The van der Waals surface area contributed by atoms with Crippen LogP contribution in [0.25, 0.3) is 0 Å². The van der Waals surface area contributed by atoms with Gasteiger partial charge in [0.15, 0.2) is 0 Å². The van der Waals surface area contributed by atoms with Crippen molar-refractivity contribution in [3.63, 3.8) is 0 Å². The lowest BCUT2D eigenvalue weighted by Crippen LogP contribution is -2.47. The van der Waals surface area contributed by atoms with Gasteiger partial charge in [0.1, 0.15) is 0 Å². The maximum atomic E-state index is 11.2. The van der Waals surface area contributed by atoms with E-state index >= 15 is 0 Å². The molecule has 0 aromatic heterocycles. The van der Waals surface area contributed by atoms with E-state index in [9.17, 15) is 4.79 Å². The van der Waals surface area contributed by atoms with Gasteiger partial charge in [-0.15, -0.1) is 0 Å². The molecule has 20 heavy (non-hydrogen) atoms. The lowest BCUT2D eigenvalue weighted by molar-refractivity contribution is 0.0102. The molecule has 2 rings (SSSR count). The predicted molar refractivity (Wildman–Crippen MR) is 78.2 cm³/mol. The van der Waals surface area contributed by atoms with Gasteiger partial charge in [0.05, 0.1) is 6.10 Å². The number of hydrogen-bond donors (Lipinski definition) is 2. The highest BCUT2D eigenvalue weighted by Crippen LogP contribution is 2.21. The molecule has 0 radical (unpaired) electrons. The Labute approximate surface area is 119 Å². The second-order valence-electron chi connectivity index (χ2n) is 5.31. The van der Waals surface area contributed by atoms with Gasteiger partial charge in [-0.05, 0) is 30.5 Å². The Hall–Kier alpha value is -1.43. The summed E-state index contributed by atoms with van der Waals surface area (Å²) < 4.78 is 5.43. The topological polar surface area (TPSA) is 81.6 Å². The standard InChI is InChI=1S/C15H23N3O2/c1-20-14-5-6-18(13(8-14)9-16)10-11-3-2-4-12(7-11)15(17)19/h2-4,7,13-14H,5-6,8-10,16H2,1H3,(H2,17,19). The van der Waals surface area contributed by atoms with E-state index < -0.39 is 0 Å². The highest BCUT2D eigenvalue weighted by atomic mass is 16.5. The highest BCUT2D eigenvalue weighted by molar-refractivity contribution is 5.92. The second kappa shape index (κ2) is 6.83. The number of nitrogens with zero attached hydrogens (tertiary/aromatic N) is 1. The largest absolute Gasteiger partial charge is 0.381 e. The maximum absolute atomic E-state index is 11.2. The van der Waals surface area contributed by atoms with Crippen LogP contribution in [0.3, 0.4) is 0 Å². The van der Waals surface area contributed by atoms with E-state index in [0.717, 1.165) is 31.5 Å². The number of ether oxygens (including phenoxy) is 1. The van der Waals surface area contributed by atoms with Crippen molar-refractivity contribution in [2.75, 3.05) is 20.2 Å². The number of hydrogen-bond acceptors (Lipinski definition) is 4.